The third kappa shape index (κ3) is 2.92. The van der Waals surface area contributed by atoms with E-state index in [1.165, 1.54) is 0 Å². The zero-order chi connectivity index (χ0) is 14.7. The van der Waals surface area contributed by atoms with E-state index in [9.17, 15) is 9.90 Å². The summed E-state index contributed by atoms with van der Waals surface area (Å²) in [5.41, 5.74) is 1.20. The number of carbonyl (C=O) groups is 1. The maximum Gasteiger partial charge on any atom is 0.358 e. The molecule has 1 aliphatic heterocycles. The second-order valence-electron chi connectivity index (χ2n) is 5.07. The molecule has 0 radical (unpaired) electrons. The van der Waals surface area contributed by atoms with Crippen LogP contribution < -0.4 is 0 Å². The summed E-state index contributed by atoms with van der Waals surface area (Å²) in [7, 11) is 0. The number of pyridine rings is 1. The van der Waals surface area contributed by atoms with Crippen LogP contribution in [0.2, 0.25) is 0 Å². The van der Waals surface area contributed by atoms with Crippen LogP contribution in [0, 0.1) is 5.92 Å². The van der Waals surface area contributed by atoms with Gasteiger partial charge in [0.05, 0.1) is 0 Å². The fourth-order valence-corrected chi connectivity index (χ4v) is 2.55. The van der Waals surface area contributed by atoms with Crippen LogP contribution in [0.25, 0.3) is 11.3 Å². The lowest BCUT2D eigenvalue weighted by molar-refractivity contribution is 0.0601. The molecule has 1 saturated heterocycles. The lowest BCUT2D eigenvalue weighted by atomic mass is 10.00. The molecule has 3 heterocycles. The Kier molecular flexibility index (Phi) is 3.92. The predicted octanol–water partition coefficient (Wildman–Crippen LogP) is 1.46. The molecule has 0 unspecified atom stereocenters. The minimum absolute atomic E-state index is 0.0324. The molecule has 1 fully saturated rings. The summed E-state index contributed by atoms with van der Waals surface area (Å²) < 4.78 is 7.02. The first-order valence-electron chi connectivity index (χ1n) is 6.90. The van der Waals surface area contributed by atoms with E-state index in [-0.39, 0.29) is 5.69 Å². The Labute approximate surface area is 121 Å². The molecule has 3 rings (SSSR count). The van der Waals surface area contributed by atoms with E-state index in [1.807, 2.05) is 6.07 Å². The van der Waals surface area contributed by atoms with Gasteiger partial charge in [0.2, 0.25) is 0 Å². The summed E-state index contributed by atoms with van der Waals surface area (Å²) in [6.45, 7) is 2.13. The molecule has 0 atom stereocenters. The van der Waals surface area contributed by atoms with Gasteiger partial charge in [0.15, 0.2) is 5.69 Å². The fraction of sp³-hybridized carbons (Fsp3) is 0.429. The van der Waals surface area contributed by atoms with Crippen molar-refractivity contribution in [2.75, 3.05) is 13.2 Å². The Balaban J connectivity index is 1.95. The van der Waals surface area contributed by atoms with Crippen LogP contribution in [-0.4, -0.2) is 44.3 Å². The molecule has 2 aromatic heterocycles. The van der Waals surface area contributed by atoms with Crippen molar-refractivity contribution in [2.45, 2.75) is 19.4 Å². The Hall–Kier alpha value is -2.28. The maximum absolute atomic E-state index is 11.3. The van der Waals surface area contributed by atoms with Gasteiger partial charge in [-0.05, 0) is 30.9 Å². The largest absolute Gasteiger partial charge is 0.476 e. The molecule has 0 amide bonds. The van der Waals surface area contributed by atoms with E-state index < -0.39 is 5.97 Å². The zero-order valence-electron chi connectivity index (χ0n) is 11.5. The summed E-state index contributed by atoms with van der Waals surface area (Å²) in [5.74, 6) is -0.649. The zero-order valence-corrected chi connectivity index (χ0v) is 11.5. The van der Waals surface area contributed by atoms with Crippen LogP contribution >= 0.6 is 0 Å². The van der Waals surface area contributed by atoms with Crippen molar-refractivity contribution in [3.05, 3.63) is 30.2 Å². The van der Waals surface area contributed by atoms with Gasteiger partial charge >= 0.3 is 5.97 Å². The average molecular weight is 288 g/mol. The smallest absolute Gasteiger partial charge is 0.358 e. The second kappa shape index (κ2) is 6.01. The van der Waals surface area contributed by atoms with Gasteiger partial charge in [0.25, 0.3) is 0 Å². The van der Waals surface area contributed by atoms with E-state index in [1.54, 1.807) is 23.1 Å². The predicted molar refractivity (Wildman–Crippen MR) is 73.8 cm³/mol. The third-order valence-corrected chi connectivity index (χ3v) is 3.64. The van der Waals surface area contributed by atoms with Gasteiger partial charge in [-0.15, -0.1) is 5.10 Å². The summed E-state index contributed by atoms with van der Waals surface area (Å²) in [6, 6.07) is 3.59. The van der Waals surface area contributed by atoms with E-state index in [0.717, 1.165) is 26.1 Å². The number of hydrogen-bond acceptors (Lipinski definition) is 5. The van der Waals surface area contributed by atoms with Crippen LogP contribution in [0.5, 0.6) is 0 Å². The Bertz CT molecular complexity index is 620. The molecule has 0 aromatic carbocycles. The highest BCUT2D eigenvalue weighted by molar-refractivity contribution is 5.92. The highest BCUT2D eigenvalue weighted by Crippen LogP contribution is 2.24. The van der Waals surface area contributed by atoms with Crippen molar-refractivity contribution in [1.82, 2.24) is 20.0 Å². The van der Waals surface area contributed by atoms with Gasteiger partial charge in [-0.2, -0.15) is 0 Å². The topological polar surface area (TPSA) is 90.1 Å². The monoisotopic (exact) mass is 288 g/mol. The number of rotatable bonds is 4. The van der Waals surface area contributed by atoms with Crippen molar-refractivity contribution < 1.29 is 14.6 Å². The van der Waals surface area contributed by atoms with Crippen LogP contribution in [-0.2, 0) is 11.3 Å². The molecule has 2 aromatic rings. The molecular formula is C14H16N4O3. The number of aromatic nitrogens is 4. The minimum atomic E-state index is -1.08. The standard InChI is InChI=1S/C14H16N4O3/c19-14(20)12-13(11-2-1-5-15-8-11)18(17-16-12)9-10-3-6-21-7-4-10/h1-2,5,8,10H,3-4,6-7,9H2,(H,19,20). The summed E-state index contributed by atoms with van der Waals surface area (Å²) >= 11 is 0. The molecule has 0 spiro atoms. The number of nitrogens with zero attached hydrogens (tertiary/aromatic N) is 4. The summed E-state index contributed by atoms with van der Waals surface area (Å²) in [4.78, 5) is 15.4. The first kappa shape index (κ1) is 13.7. The first-order valence-corrected chi connectivity index (χ1v) is 6.90. The van der Waals surface area contributed by atoms with Gasteiger partial charge in [-0.1, -0.05) is 5.21 Å². The number of hydrogen-bond donors (Lipinski definition) is 1. The van der Waals surface area contributed by atoms with Gasteiger partial charge in [0.1, 0.15) is 5.69 Å². The number of ether oxygens (including phenoxy) is 1. The Morgan fingerprint density at radius 1 is 1.43 bits per heavy atom. The third-order valence-electron chi connectivity index (χ3n) is 3.64. The van der Waals surface area contributed by atoms with E-state index in [4.69, 9.17) is 4.74 Å². The van der Waals surface area contributed by atoms with E-state index >= 15 is 0 Å². The Morgan fingerprint density at radius 3 is 2.90 bits per heavy atom. The van der Waals surface area contributed by atoms with Gasteiger partial charge < -0.3 is 9.84 Å². The summed E-state index contributed by atoms with van der Waals surface area (Å²) in [6.07, 6.45) is 5.19. The van der Waals surface area contributed by atoms with Crippen molar-refractivity contribution in [3.8, 4) is 11.3 Å². The van der Waals surface area contributed by atoms with Crippen molar-refractivity contribution >= 4 is 5.97 Å². The lowest BCUT2D eigenvalue weighted by Gasteiger charge is -2.22. The minimum Gasteiger partial charge on any atom is -0.476 e. The SMILES string of the molecule is O=C(O)c1nnn(CC2CCOCC2)c1-c1cccnc1. The van der Waals surface area contributed by atoms with Crippen LogP contribution in [0.1, 0.15) is 23.3 Å². The molecular weight excluding hydrogens is 272 g/mol. The molecule has 0 saturated carbocycles. The molecule has 0 bridgehead atoms. The highest BCUT2D eigenvalue weighted by Gasteiger charge is 2.23. The Morgan fingerprint density at radius 2 is 2.24 bits per heavy atom. The average Bonchev–Trinajstić information content (AvgIpc) is 2.93. The quantitative estimate of drug-likeness (QED) is 0.916. The second-order valence-corrected chi connectivity index (χ2v) is 5.07. The number of carboxylic acid groups (broad SMARTS) is 1. The van der Waals surface area contributed by atoms with Crippen molar-refractivity contribution in [2.24, 2.45) is 5.92 Å². The molecule has 1 N–H and O–H groups in total. The molecule has 21 heavy (non-hydrogen) atoms. The lowest BCUT2D eigenvalue weighted by Crippen LogP contribution is -2.21. The van der Waals surface area contributed by atoms with E-state index in [0.29, 0.717) is 23.7 Å². The van der Waals surface area contributed by atoms with Crippen LogP contribution in [0.3, 0.4) is 0 Å². The maximum atomic E-state index is 11.3. The molecule has 0 aliphatic carbocycles. The van der Waals surface area contributed by atoms with Gasteiger partial charge in [-0.25, -0.2) is 9.48 Å². The van der Waals surface area contributed by atoms with Gasteiger partial charge in [-0.3, -0.25) is 4.98 Å². The van der Waals surface area contributed by atoms with Gasteiger partial charge in [0, 0.05) is 37.7 Å². The molecule has 7 nitrogen and oxygen atoms in total. The fourth-order valence-electron chi connectivity index (χ4n) is 2.55. The molecule has 1 aliphatic rings. The van der Waals surface area contributed by atoms with Crippen molar-refractivity contribution in [3.63, 3.8) is 0 Å². The normalized spacial score (nSPS) is 16.0. The van der Waals surface area contributed by atoms with Crippen molar-refractivity contribution in [1.29, 1.82) is 0 Å². The highest BCUT2D eigenvalue weighted by atomic mass is 16.5. The first-order chi connectivity index (χ1) is 10.3. The van der Waals surface area contributed by atoms with Crippen LogP contribution in [0.15, 0.2) is 24.5 Å². The molecule has 110 valence electrons. The number of aromatic carboxylic acids is 1. The number of carboxylic acids is 1. The summed E-state index contributed by atoms with van der Waals surface area (Å²) in [5, 5.41) is 17.1. The van der Waals surface area contributed by atoms with E-state index in [2.05, 4.69) is 15.3 Å². The van der Waals surface area contributed by atoms with Crippen LogP contribution in [0.4, 0.5) is 0 Å². The molecule has 7 heteroatoms.